The molecule has 1 aromatic carbocycles. The Labute approximate surface area is 121 Å². The van der Waals surface area contributed by atoms with Crippen LogP contribution in [0.4, 0.5) is 0 Å². The summed E-state index contributed by atoms with van der Waals surface area (Å²) in [5.41, 5.74) is 3.04. The van der Waals surface area contributed by atoms with Crippen molar-refractivity contribution in [3.8, 4) is 0 Å². The molecule has 1 atom stereocenters. The van der Waals surface area contributed by atoms with E-state index in [2.05, 4.69) is 12.3 Å². The van der Waals surface area contributed by atoms with E-state index in [1.54, 1.807) is 31.2 Å². The lowest BCUT2D eigenvalue weighted by Crippen LogP contribution is -2.21. The summed E-state index contributed by atoms with van der Waals surface area (Å²) in [5, 5.41) is 11.3. The maximum absolute atomic E-state index is 11.8. The summed E-state index contributed by atoms with van der Waals surface area (Å²) in [5.74, 6) is -1.45. The van der Waals surface area contributed by atoms with Crippen molar-refractivity contribution in [2.45, 2.75) is 12.8 Å². The molecule has 0 saturated heterocycles. The number of nitrogens with zero attached hydrogens (tertiary/aromatic N) is 1. The predicted octanol–water partition coefficient (Wildman–Crippen LogP) is 2.97. The summed E-state index contributed by atoms with van der Waals surface area (Å²) >= 11 is 5.88. The van der Waals surface area contributed by atoms with Crippen LogP contribution in [0.1, 0.15) is 18.4 Å². The normalized spacial score (nSPS) is 11.3. The molecule has 0 aromatic heterocycles. The second-order valence-corrected chi connectivity index (χ2v) is 4.37. The molecule has 1 aromatic rings. The van der Waals surface area contributed by atoms with Gasteiger partial charge >= 0.3 is 5.97 Å². The van der Waals surface area contributed by atoms with Crippen molar-refractivity contribution in [1.82, 2.24) is 0 Å². The van der Waals surface area contributed by atoms with Crippen molar-refractivity contribution in [1.29, 1.82) is 0 Å². The van der Waals surface area contributed by atoms with Gasteiger partial charge in [0.25, 0.3) is 0 Å². The molecule has 0 radical (unpaired) electrons. The Balaban J connectivity index is 3.21. The van der Waals surface area contributed by atoms with Gasteiger partial charge in [-0.3, -0.25) is 10.1 Å². The van der Waals surface area contributed by atoms with E-state index in [-0.39, 0.29) is 12.2 Å². The Kier molecular flexibility index (Phi) is 5.97. The summed E-state index contributed by atoms with van der Waals surface area (Å²) in [6.07, 6.45) is 0. The predicted molar refractivity (Wildman–Crippen MR) is 75.3 cm³/mol. The second kappa shape index (κ2) is 7.48. The molecule has 0 amide bonds. The maximum atomic E-state index is 11.8. The quantitative estimate of drug-likeness (QED) is 0.266. The Morgan fingerprint density at radius 1 is 1.60 bits per heavy atom. The standard InChI is InChI=1S/C14H14ClNO4/c1-3-12(14(17)20-4-2)13(9-16(18)19)10-6-5-7-11(15)8-10/h5-8,13H,1,4,9H2,2H3. The SMILES string of the molecule is C=C=C(C(=O)OCC)C(C[N+](=O)[O-])c1cccc(Cl)c1. The summed E-state index contributed by atoms with van der Waals surface area (Å²) < 4.78 is 4.88. The summed E-state index contributed by atoms with van der Waals surface area (Å²) in [6.45, 7) is 4.79. The zero-order valence-electron chi connectivity index (χ0n) is 11.0. The van der Waals surface area contributed by atoms with Crippen LogP contribution >= 0.6 is 11.6 Å². The topological polar surface area (TPSA) is 69.4 Å². The molecule has 0 spiro atoms. The Morgan fingerprint density at radius 2 is 2.30 bits per heavy atom. The molecule has 0 heterocycles. The lowest BCUT2D eigenvalue weighted by atomic mass is 9.91. The van der Waals surface area contributed by atoms with Crippen LogP contribution < -0.4 is 0 Å². The Bertz CT molecular complexity index is 564. The molecule has 0 N–H and O–H groups in total. The van der Waals surface area contributed by atoms with Gasteiger partial charge in [-0.25, -0.2) is 4.79 Å². The molecule has 20 heavy (non-hydrogen) atoms. The van der Waals surface area contributed by atoms with E-state index in [1.807, 2.05) is 0 Å². The zero-order chi connectivity index (χ0) is 15.1. The van der Waals surface area contributed by atoms with E-state index in [0.717, 1.165) is 0 Å². The third kappa shape index (κ3) is 4.23. The van der Waals surface area contributed by atoms with E-state index in [1.165, 1.54) is 0 Å². The smallest absolute Gasteiger partial charge is 0.342 e. The van der Waals surface area contributed by atoms with Crippen molar-refractivity contribution < 1.29 is 14.5 Å². The van der Waals surface area contributed by atoms with Crippen LogP contribution in [-0.2, 0) is 9.53 Å². The van der Waals surface area contributed by atoms with Gasteiger partial charge in [0, 0.05) is 9.95 Å². The van der Waals surface area contributed by atoms with Crippen LogP contribution in [0.3, 0.4) is 0 Å². The fourth-order valence-corrected chi connectivity index (χ4v) is 1.98. The largest absolute Gasteiger partial charge is 0.462 e. The molecular formula is C14H14ClNO4. The van der Waals surface area contributed by atoms with Crippen LogP contribution in [0.2, 0.25) is 5.02 Å². The average Bonchev–Trinajstić information content (AvgIpc) is 2.38. The first kappa shape index (κ1) is 16.0. The minimum Gasteiger partial charge on any atom is -0.462 e. The van der Waals surface area contributed by atoms with Crippen LogP contribution in [-0.4, -0.2) is 24.0 Å². The van der Waals surface area contributed by atoms with Crippen LogP contribution in [0.25, 0.3) is 0 Å². The Hall–Kier alpha value is -2.10. The number of rotatable bonds is 6. The highest BCUT2D eigenvalue weighted by Crippen LogP contribution is 2.27. The van der Waals surface area contributed by atoms with Gasteiger partial charge in [0.2, 0.25) is 6.54 Å². The van der Waals surface area contributed by atoms with Crippen molar-refractivity contribution >= 4 is 17.6 Å². The number of esters is 1. The van der Waals surface area contributed by atoms with Crippen LogP contribution in [0.15, 0.2) is 42.1 Å². The van der Waals surface area contributed by atoms with Gasteiger partial charge in [-0.05, 0) is 24.6 Å². The van der Waals surface area contributed by atoms with Gasteiger partial charge < -0.3 is 4.74 Å². The lowest BCUT2D eigenvalue weighted by molar-refractivity contribution is -0.481. The van der Waals surface area contributed by atoms with Gasteiger partial charge in [-0.15, -0.1) is 5.73 Å². The van der Waals surface area contributed by atoms with E-state index in [0.29, 0.717) is 10.6 Å². The highest BCUT2D eigenvalue weighted by atomic mass is 35.5. The maximum Gasteiger partial charge on any atom is 0.342 e. The number of ether oxygens (including phenoxy) is 1. The van der Waals surface area contributed by atoms with Gasteiger partial charge in [0.1, 0.15) is 0 Å². The molecule has 0 aliphatic heterocycles. The van der Waals surface area contributed by atoms with Gasteiger partial charge in [0.05, 0.1) is 18.1 Å². The van der Waals surface area contributed by atoms with E-state index >= 15 is 0 Å². The molecule has 0 saturated carbocycles. The van der Waals surface area contributed by atoms with Crippen molar-refractivity contribution in [2.24, 2.45) is 0 Å². The first-order chi connectivity index (χ1) is 9.49. The monoisotopic (exact) mass is 295 g/mol. The summed E-state index contributed by atoms with van der Waals surface area (Å²) in [6, 6.07) is 6.55. The summed E-state index contributed by atoms with van der Waals surface area (Å²) in [4.78, 5) is 22.2. The van der Waals surface area contributed by atoms with E-state index < -0.39 is 23.4 Å². The molecule has 1 rings (SSSR count). The number of carbonyl (C=O) groups is 1. The fourth-order valence-electron chi connectivity index (χ4n) is 1.78. The molecule has 0 aliphatic rings. The number of carbonyl (C=O) groups excluding carboxylic acids is 1. The van der Waals surface area contributed by atoms with Gasteiger partial charge in [-0.2, -0.15) is 0 Å². The molecule has 0 aliphatic carbocycles. The first-order valence-electron chi connectivity index (χ1n) is 5.93. The average molecular weight is 296 g/mol. The molecule has 5 nitrogen and oxygen atoms in total. The number of halogens is 1. The Morgan fingerprint density at radius 3 is 2.80 bits per heavy atom. The van der Waals surface area contributed by atoms with E-state index in [9.17, 15) is 14.9 Å². The van der Waals surface area contributed by atoms with Gasteiger partial charge in [0.15, 0.2) is 0 Å². The number of benzene rings is 1. The van der Waals surface area contributed by atoms with Gasteiger partial charge in [-0.1, -0.05) is 30.3 Å². The first-order valence-corrected chi connectivity index (χ1v) is 6.31. The minimum atomic E-state index is -0.791. The molecule has 1 unspecified atom stereocenters. The molecule has 6 heteroatoms. The van der Waals surface area contributed by atoms with Crippen LogP contribution in [0, 0.1) is 10.1 Å². The number of nitro groups is 1. The molecule has 0 fully saturated rings. The highest BCUT2D eigenvalue weighted by molar-refractivity contribution is 6.30. The minimum absolute atomic E-state index is 0.0332. The fraction of sp³-hybridized carbons (Fsp3) is 0.286. The molecule has 106 valence electrons. The van der Waals surface area contributed by atoms with Crippen molar-refractivity contribution in [3.63, 3.8) is 0 Å². The van der Waals surface area contributed by atoms with Crippen LogP contribution in [0.5, 0.6) is 0 Å². The molecular weight excluding hydrogens is 282 g/mol. The third-order valence-electron chi connectivity index (χ3n) is 2.62. The highest BCUT2D eigenvalue weighted by Gasteiger charge is 2.28. The van der Waals surface area contributed by atoms with Crippen molar-refractivity contribution in [3.05, 3.63) is 62.8 Å². The number of hydrogen-bond donors (Lipinski definition) is 0. The molecule has 0 bridgehead atoms. The zero-order valence-corrected chi connectivity index (χ0v) is 11.7. The van der Waals surface area contributed by atoms with Crippen molar-refractivity contribution in [2.75, 3.05) is 13.2 Å². The number of hydrogen-bond acceptors (Lipinski definition) is 4. The summed E-state index contributed by atoms with van der Waals surface area (Å²) in [7, 11) is 0. The third-order valence-corrected chi connectivity index (χ3v) is 2.85. The van der Waals surface area contributed by atoms with E-state index in [4.69, 9.17) is 16.3 Å². The second-order valence-electron chi connectivity index (χ2n) is 3.93. The lowest BCUT2D eigenvalue weighted by Gasteiger charge is -2.15.